The number of nitro groups is 1. The van der Waals surface area contributed by atoms with E-state index < -0.39 is 22.4 Å². The number of carbonyl (C=O) groups is 1. The van der Waals surface area contributed by atoms with Crippen molar-refractivity contribution >= 4 is 11.7 Å². The monoisotopic (exact) mass is 261 g/mol. The first-order chi connectivity index (χ1) is 9.08. The fourth-order valence-corrected chi connectivity index (χ4v) is 1.44. The van der Waals surface area contributed by atoms with Crippen molar-refractivity contribution < 1.29 is 18.8 Å². The number of nitrogens with zero attached hydrogens (tertiary/aromatic N) is 1. The average Bonchev–Trinajstić information content (AvgIpc) is 2.41. The maximum absolute atomic E-state index is 13.1. The Morgan fingerprint density at radius 2 is 1.84 bits per heavy atom. The van der Waals surface area contributed by atoms with Crippen LogP contribution in [0.1, 0.15) is 10.4 Å². The minimum Gasteiger partial charge on any atom is -0.423 e. The highest BCUT2D eigenvalue weighted by molar-refractivity contribution is 5.91. The second-order valence-electron chi connectivity index (χ2n) is 3.63. The zero-order chi connectivity index (χ0) is 13.8. The molecule has 0 N–H and O–H groups in total. The molecule has 0 radical (unpaired) electrons. The summed E-state index contributed by atoms with van der Waals surface area (Å²) in [6, 6.07) is 11.0. The van der Waals surface area contributed by atoms with Crippen molar-refractivity contribution in [2.75, 3.05) is 0 Å². The third-order valence-electron chi connectivity index (χ3n) is 2.33. The van der Waals surface area contributed by atoms with E-state index in [0.717, 1.165) is 18.2 Å². The Labute approximate surface area is 107 Å². The summed E-state index contributed by atoms with van der Waals surface area (Å²) in [7, 11) is 0. The van der Waals surface area contributed by atoms with E-state index in [1.165, 1.54) is 0 Å². The van der Waals surface area contributed by atoms with E-state index in [1.54, 1.807) is 30.3 Å². The molecule has 0 spiro atoms. The van der Waals surface area contributed by atoms with Gasteiger partial charge in [0, 0.05) is 0 Å². The number of hydrogen-bond acceptors (Lipinski definition) is 4. The van der Waals surface area contributed by atoms with Crippen LogP contribution >= 0.6 is 0 Å². The van der Waals surface area contributed by atoms with E-state index in [9.17, 15) is 19.3 Å². The zero-order valence-corrected chi connectivity index (χ0v) is 9.58. The predicted molar refractivity (Wildman–Crippen MR) is 64.5 cm³/mol. The molecule has 2 aromatic carbocycles. The summed E-state index contributed by atoms with van der Waals surface area (Å²) < 4.78 is 18.0. The molecule has 0 atom stereocenters. The smallest absolute Gasteiger partial charge is 0.343 e. The molecule has 2 rings (SSSR count). The Bertz CT molecular complexity index is 628. The molecular weight excluding hydrogens is 253 g/mol. The molecule has 0 amide bonds. The van der Waals surface area contributed by atoms with E-state index in [1.807, 2.05) is 0 Å². The summed E-state index contributed by atoms with van der Waals surface area (Å²) in [5, 5.41) is 10.6. The number of rotatable bonds is 3. The van der Waals surface area contributed by atoms with Crippen LogP contribution < -0.4 is 4.74 Å². The second-order valence-corrected chi connectivity index (χ2v) is 3.63. The topological polar surface area (TPSA) is 69.4 Å². The third kappa shape index (κ3) is 2.92. The number of nitro benzene ring substituents is 1. The Kier molecular flexibility index (Phi) is 3.51. The molecule has 0 aromatic heterocycles. The summed E-state index contributed by atoms with van der Waals surface area (Å²) in [4.78, 5) is 21.4. The number of carbonyl (C=O) groups excluding carboxylic acids is 1. The van der Waals surface area contributed by atoms with Crippen molar-refractivity contribution in [3.8, 4) is 5.75 Å². The van der Waals surface area contributed by atoms with Crippen molar-refractivity contribution in [2.24, 2.45) is 0 Å². The van der Waals surface area contributed by atoms with Crippen LogP contribution in [0.15, 0.2) is 48.5 Å². The molecule has 0 aliphatic rings. The summed E-state index contributed by atoms with van der Waals surface area (Å²) in [6.07, 6.45) is 0. The van der Waals surface area contributed by atoms with Crippen LogP contribution in [0.25, 0.3) is 0 Å². The lowest BCUT2D eigenvalue weighted by Gasteiger charge is -2.04. The van der Waals surface area contributed by atoms with E-state index >= 15 is 0 Å². The van der Waals surface area contributed by atoms with Crippen LogP contribution in [0.2, 0.25) is 0 Å². The zero-order valence-electron chi connectivity index (χ0n) is 9.58. The summed E-state index contributed by atoms with van der Waals surface area (Å²) in [6.45, 7) is 0. The van der Waals surface area contributed by atoms with E-state index in [2.05, 4.69) is 0 Å². The molecule has 0 unspecified atom stereocenters. The fraction of sp³-hybridized carbons (Fsp3) is 0. The number of benzene rings is 2. The van der Waals surface area contributed by atoms with Crippen LogP contribution in [-0.2, 0) is 0 Å². The first kappa shape index (κ1) is 12.7. The summed E-state index contributed by atoms with van der Waals surface area (Å²) in [5.74, 6) is -1.73. The molecule has 0 saturated carbocycles. The molecule has 5 nitrogen and oxygen atoms in total. The minimum atomic E-state index is -0.982. The Hall–Kier alpha value is -2.76. The first-order valence-electron chi connectivity index (χ1n) is 5.29. The van der Waals surface area contributed by atoms with Crippen LogP contribution in [0.5, 0.6) is 5.75 Å². The lowest BCUT2D eigenvalue weighted by atomic mass is 10.2. The molecule has 0 bridgehead atoms. The Morgan fingerprint density at radius 1 is 1.16 bits per heavy atom. The second kappa shape index (κ2) is 5.26. The Morgan fingerprint density at radius 3 is 2.47 bits per heavy atom. The highest BCUT2D eigenvalue weighted by Gasteiger charge is 2.16. The van der Waals surface area contributed by atoms with Crippen molar-refractivity contribution in [1.29, 1.82) is 0 Å². The number of halogens is 1. The van der Waals surface area contributed by atoms with E-state index in [0.29, 0.717) is 5.56 Å². The van der Waals surface area contributed by atoms with Crippen molar-refractivity contribution in [3.05, 3.63) is 70.0 Å². The number of esters is 1. The standard InChI is InChI=1S/C13H8FNO4/c14-11-7-6-10(8-12(11)15(17)18)19-13(16)9-4-2-1-3-5-9/h1-8H. The summed E-state index contributed by atoms with van der Waals surface area (Å²) >= 11 is 0. The lowest BCUT2D eigenvalue weighted by Crippen LogP contribution is -2.08. The van der Waals surface area contributed by atoms with Gasteiger partial charge in [-0.2, -0.15) is 4.39 Å². The van der Waals surface area contributed by atoms with Crippen molar-refractivity contribution in [3.63, 3.8) is 0 Å². The van der Waals surface area contributed by atoms with Gasteiger partial charge in [0.15, 0.2) is 0 Å². The molecule has 0 heterocycles. The average molecular weight is 261 g/mol. The van der Waals surface area contributed by atoms with Gasteiger partial charge in [0.05, 0.1) is 16.6 Å². The molecule has 0 aliphatic heterocycles. The van der Waals surface area contributed by atoms with E-state index in [4.69, 9.17) is 4.74 Å². The van der Waals surface area contributed by atoms with Crippen molar-refractivity contribution in [1.82, 2.24) is 0 Å². The van der Waals surface area contributed by atoms with Gasteiger partial charge >= 0.3 is 11.7 Å². The van der Waals surface area contributed by atoms with Gasteiger partial charge in [-0.05, 0) is 24.3 Å². The van der Waals surface area contributed by atoms with Crippen LogP contribution in [0, 0.1) is 15.9 Å². The molecule has 0 saturated heterocycles. The van der Waals surface area contributed by atoms with E-state index in [-0.39, 0.29) is 5.75 Å². The summed E-state index contributed by atoms with van der Waals surface area (Å²) in [5.41, 5.74) is -0.437. The fourth-order valence-electron chi connectivity index (χ4n) is 1.44. The lowest BCUT2D eigenvalue weighted by molar-refractivity contribution is -0.387. The highest BCUT2D eigenvalue weighted by Crippen LogP contribution is 2.23. The molecular formula is C13H8FNO4. The Balaban J connectivity index is 2.23. The van der Waals surface area contributed by atoms with Gasteiger partial charge in [0.2, 0.25) is 5.82 Å². The molecule has 0 aliphatic carbocycles. The molecule has 19 heavy (non-hydrogen) atoms. The number of hydrogen-bond donors (Lipinski definition) is 0. The first-order valence-corrected chi connectivity index (χ1v) is 5.29. The number of ether oxygens (including phenoxy) is 1. The maximum atomic E-state index is 13.1. The third-order valence-corrected chi connectivity index (χ3v) is 2.33. The molecule has 96 valence electrons. The van der Waals surface area contributed by atoms with Crippen molar-refractivity contribution in [2.45, 2.75) is 0 Å². The van der Waals surface area contributed by atoms with Gasteiger partial charge in [0.25, 0.3) is 0 Å². The van der Waals surface area contributed by atoms with Gasteiger partial charge in [-0.15, -0.1) is 0 Å². The predicted octanol–water partition coefficient (Wildman–Crippen LogP) is 2.95. The van der Waals surface area contributed by atoms with Gasteiger partial charge in [-0.3, -0.25) is 10.1 Å². The quantitative estimate of drug-likeness (QED) is 0.368. The van der Waals surface area contributed by atoms with Crippen LogP contribution in [0.4, 0.5) is 10.1 Å². The van der Waals surface area contributed by atoms with Gasteiger partial charge < -0.3 is 4.74 Å². The van der Waals surface area contributed by atoms with Crippen LogP contribution in [-0.4, -0.2) is 10.9 Å². The van der Waals surface area contributed by atoms with Crippen LogP contribution in [0.3, 0.4) is 0 Å². The maximum Gasteiger partial charge on any atom is 0.343 e. The largest absolute Gasteiger partial charge is 0.423 e. The van der Waals surface area contributed by atoms with Gasteiger partial charge in [-0.1, -0.05) is 18.2 Å². The normalized spacial score (nSPS) is 9.95. The minimum absolute atomic E-state index is 0.0815. The molecule has 0 fully saturated rings. The molecule has 6 heteroatoms. The SMILES string of the molecule is O=C(Oc1ccc(F)c([N+](=O)[O-])c1)c1ccccc1. The molecule has 2 aromatic rings. The van der Waals surface area contributed by atoms with Gasteiger partial charge in [0.1, 0.15) is 5.75 Å². The highest BCUT2D eigenvalue weighted by atomic mass is 19.1. The van der Waals surface area contributed by atoms with Gasteiger partial charge in [-0.25, -0.2) is 4.79 Å².